The maximum atomic E-state index is 17.6. The fourth-order valence-electron chi connectivity index (χ4n) is 11.6. The Kier molecular flexibility index (Phi) is 10.8. The molecule has 0 radical (unpaired) electrons. The molecule has 2 N–H and O–H groups in total. The lowest BCUT2D eigenvalue weighted by Crippen LogP contribution is -2.62. The SMILES string of the molecule is CC(C)[Si](C#Cc1c(F)ccc2cc(O)cc(-c3ncc4c5nc(nc4c3F)OC[C@]34C[C@@H](F)CN3C[C@@H](C4)OCCCOC[C@@]34CC[C@@H](CN5C3)N4)c12)(C(C)C)C(C)C. The van der Waals surface area contributed by atoms with Crippen molar-refractivity contribution < 1.29 is 32.5 Å². The van der Waals surface area contributed by atoms with Crippen LogP contribution in [0.4, 0.5) is 19.0 Å². The lowest BCUT2D eigenvalue weighted by Gasteiger charge is -2.42. The van der Waals surface area contributed by atoms with Crippen molar-refractivity contribution in [2.75, 3.05) is 57.5 Å². The molecule has 0 saturated carbocycles. The van der Waals surface area contributed by atoms with Crippen LogP contribution in [-0.2, 0) is 9.47 Å². The number of aromatic hydroxyl groups is 1. The van der Waals surface area contributed by atoms with E-state index in [0.29, 0.717) is 97.4 Å². The van der Waals surface area contributed by atoms with E-state index in [1.165, 1.54) is 18.2 Å². The Morgan fingerprint density at radius 2 is 1.78 bits per heavy atom. The van der Waals surface area contributed by atoms with Gasteiger partial charge in [-0.1, -0.05) is 53.5 Å². The Bertz CT molecular complexity index is 2350. The smallest absolute Gasteiger partial charge is 0.319 e. The molecule has 4 saturated heterocycles. The molecule has 7 bridgehead atoms. The van der Waals surface area contributed by atoms with E-state index in [1.54, 1.807) is 12.3 Å². The zero-order valence-corrected chi connectivity index (χ0v) is 36.6. The fourth-order valence-corrected chi connectivity index (χ4v) is 16.8. The highest BCUT2D eigenvalue weighted by atomic mass is 28.3. The van der Waals surface area contributed by atoms with Gasteiger partial charge >= 0.3 is 6.01 Å². The highest BCUT2D eigenvalue weighted by molar-refractivity contribution is 6.90. The molecular weight excluding hydrogens is 786 g/mol. The van der Waals surface area contributed by atoms with Gasteiger partial charge in [0.2, 0.25) is 0 Å². The van der Waals surface area contributed by atoms with Crippen molar-refractivity contribution >= 4 is 35.6 Å². The second-order valence-electron chi connectivity index (χ2n) is 19.0. The predicted octanol–water partition coefficient (Wildman–Crippen LogP) is 8.08. The molecule has 2 aromatic carbocycles. The number of benzene rings is 2. The molecule has 0 aliphatic carbocycles. The maximum absolute atomic E-state index is 17.6. The average Bonchev–Trinajstić information content (AvgIpc) is 3.80. The van der Waals surface area contributed by atoms with E-state index in [9.17, 15) is 5.11 Å². The first-order valence-corrected chi connectivity index (χ1v) is 24.0. The molecule has 14 heteroatoms. The number of hydrogen-bond acceptors (Lipinski definition) is 10. The molecule has 2 spiro atoms. The largest absolute Gasteiger partial charge is 0.508 e. The lowest BCUT2D eigenvalue weighted by molar-refractivity contribution is 0.0230. The van der Waals surface area contributed by atoms with Gasteiger partial charge in [0.1, 0.15) is 49.4 Å². The van der Waals surface area contributed by atoms with Crippen LogP contribution in [0.15, 0.2) is 30.5 Å². The number of ether oxygens (including phenoxy) is 3. The Labute approximate surface area is 351 Å². The molecule has 60 heavy (non-hydrogen) atoms. The summed E-state index contributed by atoms with van der Waals surface area (Å²) in [6.07, 6.45) is 4.01. The normalized spacial score (nSPS) is 27.4. The van der Waals surface area contributed by atoms with E-state index in [-0.39, 0.29) is 58.4 Å². The summed E-state index contributed by atoms with van der Waals surface area (Å²) in [5.74, 6) is 2.38. The number of phenols is 1. The zero-order valence-electron chi connectivity index (χ0n) is 35.6. The second-order valence-corrected chi connectivity index (χ2v) is 24.6. The predicted molar refractivity (Wildman–Crippen MR) is 230 cm³/mol. The number of hydrogen-bond donors (Lipinski definition) is 2. The molecule has 10 nitrogen and oxygen atoms in total. The first kappa shape index (κ1) is 41.4. The molecule has 0 amide bonds. The van der Waals surface area contributed by atoms with Crippen LogP contribution in [0.3, 0.4) is 0 Å². The van der Waals surface area contributed by atoms with Crippen LogP contribution in [0.25, 0.3) is 32.9 Å². The molecule has 5 aliphatic heterocycles. The second kappa shape index (κ2) is 15.7. The number of piperazine rings is 1. The number of phenolic OH excluding ortho intramolecular Hbond substituents is 1. The van der Waals surface area contributed by atoms with Crippen molar-refractivity contribution in [3.05, 3.63) is 47.7 Å². The molecule has 0 unspecified atom stereocenters. The first-order chi connectivity index (χ1) is 28.7. The minimum atomic E-state index is -2.30. The number of alkyl halides is 1. The number of nitrogens with zero attached hydrogens (tertiary/aromatic N) is 5. The van der Waals surface area contributed by atoms with Gasteiger partial charge in [0, 0.05) is 69.0 Å². The lowest BCUT2D eigenvalue weighted by atomic mass is 9.94. The highest BCUT2D eigenvalue weighted by Crippen LogP contribution is 2.45. The fraction of sp³-hybridized carbons (Fsp3) is 0.587. The van der Waals surface area contributed by atoms with Gasteiger partial charge in [-0.2, -0.15) is 9.97 Å². The van der Waals surface area contributed by atoms with E-state index in [0.717, 1.165) is 19.3 Å². The van der Waals surface area contributed by atoms with E-state index in [1.807, 2.05) is 0 Å². The monoisotopic (exact) mass is 842 g/mol. The van der Waals surface area contributed by atoms with Crippen molar-refractivity contribution in [2.45, 2.75) is 120 Å². The molecule has 9 rings (SSSR count). The van der Waals surface area contributed by atoms with Crippen LogP contribution in [0.5, 0.6) is 11.8 Å². The molecule has 4 aromatic rings. The third kappa shape index (κ3) is 7.12. The number of rotatable bonds is 4. The summed E-state index contributed by atoms with van der Waals surface area (Å²) < 4.78 is 67.9. The topological polar surface area (TPSA) is 105 Å². The number of fused-ring (bicyclic) bond motifs is 9. The molecule has 5 aliphatic rings. The number of anilines is 1. The van der Waals surface area contributed by atoms with Crippen LogP contribution in [0, 0.1) is 23.1 Å². The van der Waals surface area contributed by atoms with E-state index < -0.39 is 31.4 Å². The van der Waals surface area contributed by atoms with Crippen LogP contribution >= 0.6 is 0 Å². The Morgan fingerprint density at radius 1 is 0.983 bits per heavy atom. The quantitative estimate of drug-likeness (QED) is 0.155. The summed E-state index contributed by atoms with van der Waals surface area (Å²) in [5.41, 5.74) is 3.86. The van der Waals surface area contributed by atoms with Crippen molar-refractivity contribution in [3.63, 3.8) is 0 Å². The van der Waals surface area contributed by atoms with Gasteiger partial charge in [-0.05, 0) is 65.9 Å². The van der Waals surface area contributed by atoms with Gasteiger partial charge in [-0.3, -0.25) is 9.88 Å². The summed E-state index contributed by atoms with van der Waals surface area (Å²) in [6, 6.07) is 6.03. The van der Waals surface area contributed by atoms with Crippen LogP contribution in [0.2, 0.25) is 16.6 Å². The van der Waals surface area contributed by atoms with Gasteiger partial charge in [0.05, 0.1) is 34.7 Å². The Balaban J connectivity index is 1.20. The maximum Gasteiger partial charge on any atom is 0.319 e. The van der Waals surface area contributed by atoms with Crippen molar-refractivity contribution in [1.82, 2.24) is 25.2 Å². The van der Waals surface area contributed by atoms with E-state index >= 15 is 13.2 Å². The minimum Gasteiger partial charge on any atom is -0.508 e. The summed E-state index contributed by atoms with van der Waals surface area (Å²) in [6.45, 7) is 17.0. The molecule has 2 aromatic heterocycles. The molecular formula is C46H57F3N6O4Si. The van der Waals surface area contributed by atoms with Gasteiger partial charge in [-0.15, -0.1) is 5.54 Å². The van der Waals surface area contributed by atoms with Crippen LogP contribution in [-0.4, -0.2) is 115 Å². The molecule has 7 heterocycles. The highest BCUT2D eigenvalue weighted by Gasteiger charge is 2.53. The molecule has 4 fully saturated rings. The average molecular weight is 843 g/mol. The third-order valence-electron chi connectivity index (χ3n) is 14.3. The molecule has 320 valence electrons. The minimum absolute atomic E-state index is 0.0164. The van der Waals surface area contributed by atoms with Crippen molar-refractivity contribution in [2.24, 2.45) is 0 Å². The summed E-state index contributed by atoms with van der Waals surface area (Å²) >= 11 is 0. The standard InChI is InChI=1S/C46H57F3N6O4Si/c1-27(2)60(28(3)4,29(5)6)15-11-35-38(48)9-8-30-16-33(56)17-36(39(30)35)41-40(49)42-37(20-50-41)43-52-44(51-42)59-26-46-18-31(47)21-55(46)23-34(19-46)58-14-7-13-57-25-45-12-10-32(53-45)22-54(43)24-45/h8-9,16-17,20,27-29,31-32,34,53,56H,7,10,12-14,18-19,21-26H2,1-6H3/t31-,32+,34-,45-,46-/m1/s1. The van der Waals surface area contributed by atoms with Gasteiger partial charge in [0.25, 0.3) is 0 Å². The van der Waals surface area contributed by atoms with E-state index in [4.69, 9.17) is 29.2 Å². The number of nitrogens with one attached hydrogen (secondary N) is 1. The molecule has 5 atom stereocenters. The Hall–Kier alpha value is -4.00. The summed E-state index contributed by atoms with van der Waals surface area (Å²) in [5, 5.41) is 16.1. The number of halogens is 3. The summed E-state index contributed by atoms with van der Waals surface area (Å²) in [4.78, 5) is 18.7. The number of pyridine rings is 1. The zero-order chi connectivity index (χ0) is 42.1. The first-order valence-electron chi connectivity index (χ1n) is 21.8. The Morgan fingerprint density at radius 3 is 2.57 bits per heavy atom. The van der Waals surface area contributed by atoms with Gasteiger partial charge in [0.15, 0.2) is 5.82 Å². The number of aromatic nitrogens is 3. The van der Waals surface area contributed by atoms with Crippen molar-refractivity contribution in [3.8, 4) is 34.5 Å². The van der Waals surface area contributed by atoms with Crippen LogP contribution < -0.4 is 15.0 Å². The summed E-state index contributed by atoms with van der Waals surface area (Å²) in [7, 11) is -2.30. The third-order valence-corrected chi connectivity index (χ3v) is 20.6. The van der Waals surface area contributed by atoms with Crippen molar-refractivity contribution in [1.29, 1.82) is 0 Å². The van der Waals surface area contributed by atoms with Crippen LogP contribution in [0.1, 0.15) is 79.2 Å². The van der Waals surface area contributed by atoms with Gasteiger partial charge < -0.3 is 29.5 Å². The van der Waals surface area contributed by atoms with Gasteiger partial charge in [-0.25, -0.2) is 13.2 Å². The van der Waals surface area contributed by atoms with E-state index in [2.05, 4.69) is 68.1 Å².